The zero-order valence-corrected chi connectivity index (χ0v) is 21.4. The summed E-state index contributed by atoms with van der Waals surface area (Å²) in [7, 11) is 0. The van der Waals surface area contributed by atoms with E-state index in [4.69, 9.17) is 0 Å². The van der Waals surface area contributed by atoms with Gasteiger partial charge < -0.3 is 5.11 Å². The number of thioether (sulfide) groups is 1. The third kappa shape index (κ3) is 4.55. The molecule has 37 heavy (non-hydrogen) atoms. The van der Waals surface area contributed by atoms with E-state index in [9.17, 15) is 19.5 Å². The smallest absolute Gasteiger partial charge is 0.324 e. The number of carbonyl (C=O) groups excluding carboxylic acids is 2. The lowest BCUT2D eigenvalue weighted by molar-refractivity contribution is -0.151. The van der Waals surface area contributed by atoms with Gasteiger partial charge in [0.25, 0.3) is 0 Å². The van der Waals surface area contributed by atoms with Crippen molar-refractivity contribution in [2.45, 2.75) is 24.4 Å². The summed E-state index contributed by atoms with van der Waals surface area (Å²) in [5, 5.41) is 13.7. The maximum atomic E-state index is 13.7. The van der Waals surface area contributed by atoms with E-state index in [1.165, 1.54) is 16.7 Å². The summed E-state index contributed by atoms with van der Waals surface area (Å²) >= 11 is 1.52. The van der Waals surface area contributed by atoms with Gasteiger partial charge in [-0.25, -0.2) is 0 Å². The number of amides is 2. The van der Waals surface area contributed by atoms with Crippen molar-refractivity contribution in [3.8, 4) is 11.1 Å². The molecule has 0 saturated carbocycles. The molecule has 4 unspecified atom stereocenters. The Bertz CT molecular complexity index is 1290. The van der Waals surface area contributed by atoms with Crippen molar-refractivity contribution in [2.24, 2.45) is 11.8 Å². The van der Waals surface area contributed by atoms with Gasteiger partial charge in [-0.1, -0.05) is 60.7 Å². The molecule has 0 spiro atoms. The molecular weight excluding hydrogens is 486 g/mol. The highest BCUT2D eigenvalue weighted by Crippen LogP contribution is 2.50. The number of aromatic nitrogens is 1. The summed E-state index contributed by atoms with van der Waals surface area (Å²) in [5.74, 6) is -3.01. The Hall–Kier alpha value is -3.49. The first kappa shape index (κ1) is 25.2. The van der Waals surface area contributed by atoms with Crippen LogP contribution in [0.3, 0.4) is 0 Å². The number of benzene rings is 2. The number of carboxylic acid groups (broad SMARTS) is 1. The average Bonchev–Trinajstić information content (AvgIpc) is 3.41. The number of imide groups is 1. The standard InChI is InChI=1S/C29H29N3O4S/c1-37-18-15-29(28(35)36)24-23(26(33)32(27(24)34)17-14-22-9-5-6-16-30-22)25(31-29)21-12-10-20(11-13-21)19-7-3-2-4-8-19/h2-13,16,23-25,31H,14-15,17-18H2,1H3,(H,35,36). The predicted octanol–water partition coefficient (Wildman–Crippen LogP) is 3.81. The van der Waals surface area contributed by atoms with Crippen LogP contribution in [-0.2, 0) is 20.8 Å². The first-order valence-corrected chi connectivity index (χ1v) is 13.8. The summed E-state index contributed by atoms with van der Waals surface area (Å²) < 4.78 is 0. The van der Waals surface area contributed by atoms with Crippen molar-refractivity contribution in [2.75, 3.05) is 18.6 Å². The third-order valence-electron chi connectivity index (χ3n) is 7.52. The van der Waals surface area contributed by atoms with Crippen LogP contribution in [0.4, 0.5) is 0 Å². The van der Waals surface area contributed by atoms with Crippen molar-refractivity contribution in [1.29, 1.82) is 0 Å². The van der Waals surface area contributed by atoms with Crippen LogP contribution in [0.5, 0.6) is 0 Å². The molecule has 7 nitrogen and oxygen atoms in total. The summed E-state index contributed by atoms with van der Waals surface area (Å²) in [5.41, 5.74) is 2.16. The first-order valence-electron chi connectivity index (χ1n) is 12.4. The van der Waals surface area contributed by atoms with E-state index < -0.39 is 35.3 Å². The maximum absolute atomic E-state index is 13.7. The molecule has 2 aliphatic heterocycles. The Morgan fingerprint density at radius 2 is 1.70 bits per heavy atom. The van der Waals surface area contributed by atoms with Crippen LogP contribution >= 0.6 is 11.8 Å². The number of nitrogens with one attached hydrogen (secondary N) is 1. The lowest BCUT2D eigenvalue weighted by atomic mass is 9.78. The molecule has 5 rings (SSSR count). The van der Waals surface area contributed by atoms with E-state index >= 15 is 0 Å². The average molecular weight is 516 g/mol. The van der Waals surface area contributed by atoms with Gasteiger partial charge in [-0.3, -0.25) is 29.6 Å². The highest BCUT2D eigenvalue weighted by Gasteiger charge is 2.68. The minimum atomic E-state index is -1.51. The zero-order valence-electron chi connectivity index (χ0n) is 20.5. The predicted molar refractivity (Wildman–Crippen MR) is 143 cm³/mol. The lowest BCUT2D eigenvalue weighted by Gasteiger charge is -2.31. The maximum Gasteiger partial charge on any atom is 0.324 e. The molecule has 8 heteroatoms. The molecule has 2 aromatic carbocycles. The Morgan fingerprint density at radius 1 is 1.00 bits per heavy atom. The first-order chi connectivity index (χ1) is 18.0. The van der Waals surface area contributed by atoms with E-state index in [-0.39, 0.29) is 18.9 Å². The topological polar surface area (TPSA) is 99.6 Å². The molecule has 0 aliphatic carbocycles. The highest BCUT2D eigenvalue weighted by atomic mass is 32.2. The number of hydrogen-bond donors (Lipinski definition) is 2. The molecule has 1 aromatic heterocycles. The van der Waals surface area contributed by atoms with Gasteiger partial charge in [0.15, 0.2) is 0 Å². The number of nitrogens with zero attached hydrogens (tertiary/aromatic N) is 2. The summed E-state index contributed by atoms with van der Waals surface area (Å²) in [6.07, 6.45) is 4.25. The van der Waals surface area contributed by atoms with E-state index in [1.54, 1.807) is 6.20 Å². The normalized spacial score (nSPS) is 24.9. The number of rotatable bonds is 9. The Morgan fingerprint density at radius 3 is 2.35 bits per heavy atom. The van der Waals surface area contributed by atoms with Gasteiger partial charge in [0.1, 0.15) is 5.54 Å². The summed E-state index contributed by atoms with van der Waals surface area (Å²) in [4.78, 5) is 45.7. The fraction of sp³-hybridized carbons (Fsp3) is 0.310. The van der Waals surface area contributed by atoms with Gasteiger partial charge in [0, 0.05) is 30.9 Å². The van der Waals surface area contributed by atoms with E-state index in [1.807, 2.05) is 79.1 Å². The third-order valence-corrected chi connectivity index (χ3v) is 8.13. The molecule has 3 heterocycles. The van der Waals surface area contributed by atoms with Gasteiger partial charge in [-0.2, -0.15) is 11.8 Å². The zero-order chi connectivity index (χ0) is 26.0. The molecule has 190 valence electrons. The van der Waals surface area contributed by atoms with E-state index in [0.717, 1.165) is 22.4 Å². The van der Waals surface area contributed by atoms with E-state index in [2.05, 4.69) is 10.3 Å². The minimum absolute atomic E-state index is 0.180. The fourth-order valence-electron chi connectivity index (χ4n) is 5.65. The largest absolute Gasteiger partial charge is 0.480 e. The number of aliphatic carboxylic acids is 1. The van der Waals surface area contributed by atoms with Crippen LogP contribution in [0, 0.1) is 11.8 Å². The van der Waals surface area contributed by atoms with Crippen LogP contribution < -0.4 is 5.32 Å². The number of hydrogen-bond acceptors (Lipinski definition) is 6. The second kappa shape index (κ2) is 10.5. The van der Waals surface area contributed by atoms with Crippen molar-refractivity contribution in [1.82, 2.24) is 15.2 Å². The quantitative estimate of drug-likeness (QED) is 0.418. The van der Waals surface area contributed by atoms with Crippen LogP contribution in [-0.4, -0.2) is 56.9 Å². The van der Waals surface area contributed by atoms with Crippen molar-refractivity contribution in [3.63, 3.8) is 0 Å². The Kier molecular flexibility index (Phi) is 7.13. The monoisotopic (exact) mass is 515 g/mol. The molecule has 2 amide bonds. The Labute approximate surface area is 220 Å². The van der Waals surface area contributed by atoms with Gasteiger partial charge in [0.2, 0.25) is 11.8 Å². The molecule has 2 N–H and O–H groups in total. The number of carbonyl (C=O) groups is 3. The molecule has 3 aromatic rings. The second-order valence-corrected chi connectivity index (χ2v) is 10.5. The molecular formula is C29H29N3O4S. The number of fused-ring (bicyclic) bond motifs is 1. The van der Waals surface area contributed by atoms with Gasteiger partial charge in [-0.05, 0) is 47.3 Å². The van der Waals surface area contributed by atoms with Gasteiger partial charge >= 0.3 is 5.97 Å². The van der Waals surface area contributed by atoms with Crippen molar-refractivity contribution < 1.29 is 19.5 Å². The van der Waals surface area contributed by atoms with Crippen molar-refractivity contribution in [3.05, 3.63) is 90.3 Å². The lowest BCUT2D eigenvalue weighted by Crippen LogP contribution is -2.56. The Balaban J connectivity index is 1.49. The minimum Gasteiger partial charge on any atom is -0.480 e. The number of carboxylic acids is 1. The van der Waals surface area contributed by atoms with Crippen LogP contribution in [0.1, 0.15) is 23.7 Å². The summed E-state index contributed by atoms with van der Waals surface area (Å²) in [6.45, 7) is 0.180. The fourth-order valence-corrected chi connectivity index (χ4v) is 6.18. The number of pyridine rings is 1. The van der Waals surface area contributed by atoms with Gasteiger partial charge in [0.05, 0.1) is 11.8 Å². The highest BCUT2D eigenvalue weighted by molar-refractivity contribution is 7.98. The van der Waals surface area contributed by atoms with Crippen LogP contribution in [0.25, 0.3) is 11.1 Å². The van der Waals surface area contributed by atoms with Gasteiger partial charge in [-0.15, -0.1) is 0 Å². The van der Waals surface area contributed by atoms with Crippen LogP contribution in [0.15, 0.2) is 79.0 Å². The molecule has 0 radical (unpaired) electrons. The number of likely N-dealkylation sites (tertiary alicyclic amines) is 1. The second-order valence-electron chi connectivity index (χ2n) is 9.53. The molecule has 2 fully saturated rings. The SMILES string of the molecule is CSCCC1(C(=O)O)NC(c2ccc(-c3ccccc3)cc2)C2C(=O)N(CCc3ccccn3)C(=O)C21. The van der Waals surface area contributed by atoms with Crippen molar-refractivity contribution >= 4 is 29.5 Å². The summed E-state index contributed by atoms with van der Waals surface area (Å²) in [6, 6.07) is 22.7. The molecule has 4 atom stereocenters. The molecule has 2 aliphatic rings. The van der Waals surface area contributed by atoms with E-state index in [0.29, 0.717) is 12.2 Å². The van der Waals surface area contributed by atoms with Crippen LogP contribution in [0.2, 0.25) is 0 Å². The molecule has 2 saturated heterocycles. The molecule has 0 bridgehead atoms.